The first-order chi connectivity index (χ1) is 5.23. The van der Waals surface area contributed by atoms with Gasteiger partial charge in [-0.3, -0.25) is 4.79 Å². The van der Waals surface area contributed by atoms with Crippen molar-refractivity contribution in [1.82, 2.24) is 0 Å². The average molecular weight is 156 g/mol. The first-order valence-corrected chi connectivity index (χ1v) is 4.10. The Balaban J connectivity index is 1.96. The number of ether oxygens (including phenoxy) is 2. The molecule has 2 aliphatic rings. The molecule has 3 nitrogen and oxygen atoms in total. The van der Waals surface area contributed by atoms with Crippen LogP contribution in [0.3, 0.4) is 0 Å². The summed E-state index contributed by atoms with van der Waals surface area (Å²) in [4.78, 5) is 10.6. The fourth-order valence-corrected chi connectivity index (χ4v) is 1.79. The molecule has 2 atom stereocenters. The molecular weight excluding hydrogens is 144 g/mol. The smallest absolute Gasteiger partial charge is 0.305 e. The minimum Gasteiger partial charge on any atom is -0.430 e. The zero-order chi connectivity index (χ0) is 7.90. The molecule has 0 N–H and O–H groups in total. The van der Waals surface area contributed by atoms with Crippen molar-refractivity contribution in [2.75, 3.05) is 0 Å². The van der Waals surface area contributed by atoms with Crippen LogP contribution in [0.5, 0.6) is 0 Å². The molecule has 1 aliphatic carbocycles. The summed E-state index contributed by atoms with van der Waals surface area (Å²) in [7, 11) is 0. The van der Waals surface area contributed by atoms with Crippen LogP contribution in [-0.4, -0.2) is 17.9 Å². The highest BCUT2D eigenvalue weighted by atomic mass is 16.8. The minimum atomic E-state index is -0.482. The van der Waals surface area contributed by atoms with Gasteiger partial charge in [0.25, 0.3) is 0 Å². The van der Waals surface area contributed by atoms with E-state index in [0.717, 1.165) is 19.3 Å². The van der Waals surface area contributed by atoms with E-state index >= 15 is 0 Å². The molecule has 3 heteroatoms. The first kappa shape index (κ1) is 7.10. The van der Waals surface area contributed by atoms with Gasteiger partial charge in [-0.05, 0) is 12.8 Å². The maximum Gasteiger partial charge on any atom is 0.305 e. The van der Waals surface area contributed by atoms with Gasteiger partial charge in [-0.15, -0.1) is 0 Å². The van der Waals surface area contributed by atoms with E-state index < -0.39 is 5.79 Å². The van der Waals surface area contributed by atoms with Crippen LogP contribution >= 0.6 is 0 Å². The van der Waals surface area contributed by atoms with E-state index in [2.05, 4.69) is 0 Å². The van der Waals surface area contributed by atoms with Gasteiger partial charge >= 0.3 is 5.97 Å². The fraction of sp³-hybridized carbons (Fsp3) is 0.875. The van der Waals surface area contributed by atoms with E-state index in [1.54, 1.807) is 0 Å². The van der Waals surface area contributed by atoms with E-state index in [-0.39, 0.29) is 12.1 Å². The highest BCUT2D eigenvalue weighted by Crippen LogP contribution is 2.48. The van der Waals surface area contributed by atoms with Crippen molar-refractivity contribution in [2.45, 2.75) is 44.5 Å². The van der Waals surface area contributed by atoms with Gasteiger partial charge in [-0.1, -0.05) is 6.42 Å². The zero-order valence-electron chi connectivity index (χ0n) is 6.63. The van der Waals surface area contributed by atoms with Crippen molar-refractivity contribution in [1.29, 1.82) is 0 Å². The molecule has 0 aromatic carbocycles. The molecule has 0 aromatic heterocycles. The van der Waals surface area contributed by atoms with Crippen LogP contribution in [0.15, 0.2) is 0 Å². The third-order valence-electron chi connectivity index (χ3n) is 2.33. The number of hydrogen-bond acceptors (Lipinski definition) is 3. The number of carbonyl (C=O) groups is 1. The SMILES string of the molecule is CC(=O)O[C@]12CCCC[C@H]1O2. The molecule has 2 rings (SSSR count). The van der Waals surface area contributed by atoms with Crippen LogP contribution in [0.2, 0.25) is 0 Å². The highest BCUT2D eigenvalue weighted by molar-refractivity contribution is 5.66. The molecule has 0 spiro atoms. The van der Waals surface area contributed by atoms with Crippen molar-refractivity contribution < 1.29 is 14.3 Å². The Morgan fingerprint density at radius 2 is 2.45 bits per heavy atom. The predicted molar refractivity (Wildman–Crippen MR) is 37.8 cm³/mol. The Bertz CT molecular complexity index is 190. The van der Waals surface area contributed by atoms with Gasteiger partial charge in [0, 0.05) is 13.3 Å². The van der Waals surface area contributed by atoms with Gasteiger partial charge in [0.15, 0.2) is 0 Å². The second-order valence-corrected chi connectivity index (χ2v) is 3.26. The summed E-state index contributed by atoms with van der Waals surface area (Å²) in [6, 6.07) is 0. The van der Waals surface area contributed by atoms with Gasteiger partial charge in [-0.2, -0.15) is 0 Å². The Hall–Kier alpha value is -0.570. The first-order valence-electron chi connectivity index (χ1n) is 4.10. The van der Waals surface area contributed by atoms with Crippen molar-refractivity contribution in [3.8, 4) is 0 Å². The van der Waals surface area contributed by atoms with Crippen LogP contribution in [0.4, 0.5) is 0 Å². The fourth-order valence-electron chi connectivity index (χ4n) is 1.79. The maximum atomic E-state index is 10.6. The molecule has 1 saturated heterocycles. The van der Waals surface area contributed by atoms with Gasteiger partial charge in [-0.25, -0.2) is 0 Å². The lowest BCUT2D eigenvalue weighted by molar-refractivity contribution is -0.157. The maximum absolute atomic E-state index is 10.6. The summed E-state index contributed by atoms with van der Waals surface area (Å²) < 4.78 is 10.4. The number of esters is 1. The molecule has 0 amide bonds. The van der Waals surface area contributed by atoms with Gasteiger partial charge in [0.05, 0.1) is 0 Å². The lowest BCUT2D eigenvalue weighted by Crippen LogP contribution is -2.25. The van der Waals surface area contributed by atoms with Gasteiger partial charge in [0.2, 0.25) is 5.79 Å². The number of epoxide rings is 1. The molecule has 0 radical (unpaired) electrons. The van der Waals surface area contributed by atoms with Crippen molar-refractivity contribution in [3.05, 3.63) is 0 Å². The number of rotatable bonds is 1. The topological polar surface area (TPSA) is 38.8 Å². The third kappa shape index (κ3) is 1.13. The second kappa shape index (κ2) is 2.21. The Labute approximate surface area is 65.7 Å². The Kier molecular flexibility index (Phi) is 1.42. The van der Waals surface area contributed by atoms with Crippen LogP contribution in [0.1, 0.15) is 32.6 Å². The molecule has 11 heavy (non-hydrogen) atoms. The molecule has 62 valence electrons. The summed E-state index contributed by atoms with van der Waals surface area (Å²) in [5.74, 6) is -0.709. The van der Waals surface area contributed by atoms with Crippen LogP contribution in [0, 0.1) is 0 Å². The summed E-state index contributed by atoms with van der Waals surface area (Å²) in [6.07, 6.45) is 4.46. The third-order valence-corrected chi connectivity index (χ3v) is 2.33. The molecule has 1 aliphatic heterocycles. The summed E-state index contributed by atoms with van der Waals surface area (Å²) in [5, 5.41) is 0. The largest absolute Gasteiger partial charge is 0.430 e. The minimum absolute atomic E-state index is 0.208. The van der Waals surface area contributed by atoms with E-state index in [0.29, 0.717) is 0 Å². The predicted octanol–water partition coefficient (Wildman–Crippen LogP) is 1.22. The molecule has 1 saturated carbocycles. The summed E-state index contributed by atoms with van der Waals surface area (Å²) >= 11 is 0. The lowest BCUT2D eigenvalue weighted by Gasteiger charge is -2.16. The van der Waals surface area contributed by atoms with Crippen LogP contribution < -0.4 is 0 Å². The van der Waals surface area contributed by atoms with Crippen molar-refractivity contribution in [2.24, 2.45) is 0 Å². The number of hydrogen-bond donors (Lipinski definition) is 0. The zero-order valence-corrected chi connectivity index (χ0v) is 6.63. The van der Waals surface area contributed by atoms with E-state index in [1.807, 2.05) is 0 Å². The normalized spacial score (nSPS) is 41.0. The standard InChI is InChI=1S/C8H12O3/c1-6(9)10-8-5-3-2-4-7(8)11-8/h7H,2-5H2,1H3/t7-,8+/m1/s1. The monoisotopic (exact) mass is 156 g/mol. The molecule has 2 fully saturated rings. The van der Waals surface area contributed by atoms with Crippen molar-refractivity contribution >= 4 is 5.97 Å². The summed E-state index contributed by atoms with van der Waals surface area (Å²) in [5.41, 5.74) is 0. The molecule has 0 bridgehead atoms. The van der Waals surface area contributed by atoms with E-state index in [4.69, 9.17) is 9.47 Å². The van der Waals surface area contributed by atoms with E-state index in [9.17, 15) is 4.79 Å². The molecule has 1 heterocycles. The molecule has 0 aromatic rings. The Morgan fingerprint density at radius 3 is 3.09 bits per heavy atom. The molecular formula is C8H12O3. The quantitative estimate of drug-likeness (QED) is 0.423. The molecule has 0 unspecified atom stereocenters. The average Bonchev–Trinajstić information content (AvgIpc) is 2.59. The van der Waals surface area contributed by atoms with Gasteiger partial charge in [0.1, 0.15) is 6.10 Å². The van der Waals surface area contributed by atoms with Crippen molar-refractivity contribution in [3.63, 3.8) is 0 Å². The highest BCUT2D eigenvalue weighted by Gasteiger charge is 2.60. The van der Waals surface area contributed by atoms with Gasteiger partial charge < -0.3 is 9.47 Å². The van der Waals surface area contributed by atoms with E-state index in [1.165, 1.54) is 13.3 Å². The van der Waals surface area contributed by atoms with Crippen LogP contribution in [0.25, 0.3) is 0 Å². The second-order valence-electron chi connectivity index (χ2n) is 3.26. The number of carbonyl (C=O) groups excluding carboxylic acids is 1. The number of fused-ring (bicyclic) bond motifs is 1. The lowest BCUT2D eigenvalue weighted by atomic mass is 9.98. The Morgan fingerprint density at radius 1 is 1.64 bits per heavy atom. The van der Waals surface area contributed by atoms with Crippen LogP contribution in [-0.2, 0) is 14.3 Å². The summed E-state index contributed by atoms with van der Waals surface area (Å²) in [6.45, 7) is 1.43.